The number of nitrogens with one attached hydrogen (secondary N) is 2. The van der Waals surface area contributed by atoms with Crippen LogP contribution >= 0.6 is 15.9 Å². The number of rotatable bonds is 2. The van der Waals surface area contributed by atoms with E-state index in [0.717, 1.165) is 16.1 Å². The van der Waals surface area contributed by atoms with Crippen molar-refractivity contribution in [1.82, 2.24) is 9.97 Å². The average molecular weight is 266 g/mol. The Hall–Kier alpha value is -1.29. The van der Waals surface area contributed by atoms with Gasteiger partial charge in [-0.15, -0.1) is 0 Å². The summed E-state index contributed by atoms with van der Waals surface area (Å²) in [7, 11) is 0. The molecule has 0 saturated carbocycles. The van der Waals surface area contributed by atoms with E-state index < -0.39 is 0 Å². The molecule has 0 unspecified atom stereocenters. The van der Waals surface area contributed by atoms with Gasteiger partial charge < -0.3 is 10.3 Å². The summed E-state index contributed by atoms with van der Waals surface area (Å²) in [5.74, 6) is 0.752. The zero-order chi connectivity index (χ0) is 10.8. The fourth-order valence-electron chi connectivity index (χ4n) is 1.53. The van der Waals surface area contributed by atoms with Crippen molar-refractivity contribution in [3.05, 3.63) is 40.1 Å². The van der Waals surface area contributed by atoms with E-state index in [1.54, 1.807) is 12.4 Å². The van der Waals surface area contributed by atoms with Gasteiger partial charge >= 0.3 is 0 Å². The summed E-state index contributed by atoms with van der Waals surface area (Å²) < 4.78 is 1.05. The average Bonchev–Trinajstić information content (AvgIpc) is 2.63. The number of nitrogens with zero attached hydrogens (tertiary/aromatic N) is 1. The normalized spacial score (nSPS) is 10.3. The molecule has 0 aliphatic carbocycles. The molecule has 0 amide bonds. The zero-order valence-corrected chi connectivity index (χ0v) is 10.2. The van der Waals surface area contributed by atoms with Gasteiger partial charge in [-0.05, 0) is 47.0 Å². The zero-order valence-electron chi connectivity index (χ0n) is 8.63. The van der Waals surface area contributed by atoms with E-state index in [0.29, 0.717) is 0 Å². The molecule has 4 heteroatoms. The number of aromatic amines is 1. The van der Waals surface area contributed by atoms with E-state index in [1.165, 1.54) is 11.1 Å². The molecule has 0 bridgehead atoms. The predicted octanol–water partition coefficient (Wildman–Crippen LogP) is 3.53. The second-order valence-electron chi connectivity index (χ2n) is 3.50. The van der Waals surface area contributed by atoms with Crippen molar-refractivity contribution in [2.45, 2.75) is 13.8 Å². The Kier molecular flexibility index (Phi) is 2.77. The molecule has 1 heterocycles. The molecule has 1 aromatic carbocycles. The summed E-state index contributed by atoms with van der Waals surface area (Å²) in [5.41, 5.74) is 3.48. The Labute approximate surface area is 97.1 Å². The van der Waals surface area contributed by atoms with Gasteiger partial charge in [0.2, 0.25) is 5.95 Å². The number of H-pyrrole nitrogens is 1. The maximum atomic E-state index is 4.13. The van der Waals surface area contributed by atoms with Crippen molar-refractivity contribution in [1.29, 1.82) is 0 Å². The molecule has 0 aliphatic rings. The number of aromatic nitrogens is 2. The third-order valence-corrected chi connectivity index (χ3v) is 2.80. The monoisotopic (exact) mass is 265 g/mol. The van der Waals surface area contributed by atoms with Gasteiger partial charge in [-0.3, -0.25) is 0 Å². The summed E-state index contributed by atoms with van der Waals surface area (Å²) in [5, 5.41) is 3.23. The first-order valence-corrected chi connectivity index (χ1v) is 5.49. The third-order valence-electron chi connectivity index (χ3n) is 2.17. The number of aryl methyl sites for hydroxylation is 2. The van der Waals surface area contributed by atoms with Gasteiger partial charge in [-0.1, -0.05) is 6.07 Å². The largest absolute Gasteiger partial charge is 0.331 e. The molecule has 0 spiro atoms. The molecule has 0 radical (unpaired) electrons. The first-order chi connectivity index (χ1) is 7.16. The second kappa shape index (κ2) is 4.06. The number of benzene rings is 1. The van der Waals surface area contributed by atoms with Gasteiger partial charge in [0.25, 0.3) is 0 Å². The molecule has 3 nitrogen and oxygen atoms in total. The molecule has 0 atom stereocenters. The highest BCUT2D eigenvalue weighted by molar-refractivity contribution is 9.10. The van der Waals surface area contributed by atoms with Gasteiger partial charge in [-0.2, -0.15) is 0 Å². The Bertz CT molecular complexity index is 440. The van der Waals surface area contributed by atoms with Crippen molar-refractivity contribution in [3.63, 3.8) is 0 Å². The van der Waals surface area contributed by atoms with Crippen molar-refractivity contribution in [2.75, 3.05) is 5.32 Å². The third kappa shape index (κ3) is 2.21. The first kappa shape index (κ1) is 10.2. The summed E-state index contributed by atoms with van der Waals surface area (Å²) in [4.78, 5) is 7.14. The standard InChI is InChI=1S/C11H12BrN3/c1-7-5-8(2)10(9(12)6-7)15-11-13-3-4-14-11/h3-6H,1-2H3,(H2,13,14,15). The second-order valence-corrected chi connectivity index (χ2v) is 4.36. The van der Waals surface area contributed by atoms with Gasteiger partial charge in [0.05, 0.1) is 5.69 Å². The Morgan fingerprint density at radius 1 is 1.33 bits per heavy atom. The van der Waals surface area contributed by atoms with Crippen LogP contribution in [0.15, 0.2) is 29.0 Å². The van der Waals surface area contributed by atoms with Crippen LogP contribution in [0.1, 0.15) is 11.1 Å². The van der Waals surface area contributed by atoms with Crippen LogP contribution < -0.4 is 5.32 Å². The van der Waals surface area contributed by atoms with Crippen LogP contribution in [0.2, 0.25) is 0 Å². The minimum absolute atomic E-state index is 0.752. The van der Waals surface area contributed by atoms with E-state index >= 15 is 0 Å². The van der Waals surface area contributed by atoms with Crippen LogP contribution in [0.25, 0.3) is 0 Å². The van der Waals surface area contributed by atoms with E-state index in [9.17, 15) is 0 Å². The molecule has 0 aliphatic heterocycles. The number of hydrogen-bond donors (Lipinski definition) is 2. The highest BCUT2D eigenvalue weighted by atomic mass is 79.9. The van der Waals surface area contributed by atoms with Crippen molar-refractivity contribution in [3.8, 4) is 0 Å². The molecule has 0 saturated heterocycles. The summed E-state index contributed by atoms with van der Waals surface area (Å²) in [6.07, 6.45) is 3.51. The topological polar surface area (TPSA) is 40.7 Å². The van der Waals surface area contributed by atoms with Crippen LogP contribution in [0, 0.1) is 13.8 Å². The Morgan fingerprint density at radius 2 is 2.13 bits per heavy atom. The highest BCUT2D eigenvalue weighted by Gasteiger charge is 2.05. The minimum atomic E-state index is 0.752. The van der Waals surface area contributed by atoms with Crippen LogP contribution in [-0.4, -0.2) is 9.97 Å². The van der Waals surface area contributed by atoms with Crippen LogP contribution in [0.3, 0.4) is 0 Å². The van der Waals surface area contributed by atoms with Crippen molar-refractivity contribution < 1.29 is 0 Å². The number of hydrogen-bond acceptors (Lipinski definition) is 2. The Balaban J connectivity index is 2.36. The predicted molar refractivity (Wildman–Crippen MR) is 65.5 cm³/mol. The van der Waals surface area contributed by atoms with E-state index in [4.69, 9.17) is 0 Å². The van der Waals surface area contributed by atoms with Gasteiger partial charge in [-0.25, -0.2) is 4.98 Å². The lowest BCUT2D eigenvalue weighted by molar-refractivity contribution is 1.26. The molecule has 0 fully saturated rings. The lowest BCUT2D eigenvalue weighted by atomic mass is 10.1. The molecule has 1 aromatic heterocycles. The fraction of sp³-hybridized carbons (Fsp3) is 0.182. The molecule has 2 N–H and O–H groups in total. The fourth-order valence-corrected chi connectivity index (χ4v) is 2.30. The van der Waals surface area contributed by atoms with Gasteiger partial charge in [0, 0.05) is 16.9 Å². The van der Waals surface area contributed by atoms with Gasteiger partial charge in [0.15, 0.2) is 0 Å². The number of anilines is 2. The maximum absolute atomic E-state index is 4.13. The molecular weight excluding hydrogens is 254 g/mol. The molecule has 15 heavy (non-hydrogen) atoms. The summed E-state index contributed by atoms with van der Waals surface area (Å²) >= 11 is 3.54. The highest BCUT2D eigenvalue weighted by Crippen LogP contribution is 2.29. The van der Waals surface area contributed by atoms with E-state index in [1.807, 2.05) is 0 Å². The van der Waals surface area contributed by atoms with Crippen molar-refractivity contribution >= 4 is 27.6 Å². The molecule has 78 valence electrons. The lowest BCUT2D eigenvalue weighted by Crippen LogP contribution is -1.96. The van der Waals surface area contributed by atoms with Crippen molar-refractivity contribution in [2.24, 2.45) is 0 Å². The number of halogens is 1. The Morgan fingerprint density at radius 3 is 2.73 bits per heavy atom. The van der Waals surface area contributed by atoms with Gasteiger partial charge in [0.1, 0.15) is 0 Å². The SMILES string of the molecule is Cc1cc(C)c(Nc2ncc[nH]2)c(Br)c1. The molecule has 2 aromatic rings. The minimum Gasteiger partial charge on any atom is -0.331 e. The quantitative estimate of drug-likeness (QED) is 0.872. The maximum Gasteiger partial charge on any atom is 0.204 e. The molecular formula is C11H12BrN3. The molecule has 2 rings (SSSR count). The van der Waals surface area contributed by atoms with Crippen LogP contribution in [-0.2, 0) is 0 Å². The number of imidazole rings is 1. The first-order valence-electron chi connectivity index (χ1n) is 4.70. The van der Waals surface area contributed by atoms with Crippen LogP contribution in [0.5, 0.6) is 0 Å². The van der Waals surface area contributed by atoms with E-state index in [-0.39, 0.29) is 0 Å². The lowest BCUT2D eigenvalue weighted by Gasteiger charge is -2.10. The smallest absolute Gasteiger partial charge is 0.204 e. The summed E-state index contributed by atoms with van der Waals surface area (Å²) in [6, 6.07) is 4.22. The van der Waals surface area contributed by atoms with Crippen LogP contribution in [0.4, 0.5) is 11.6 Å². The van der Waals surface area contributed by atoms with E-state index in [2.05, 4.69) is 57.2 Å². The summed E-state index contributed by atoms with van der Waals surface area (Å²) in [6.45, 7) is 4.15.